The first-order valence-electron chi connectivity index (χ1n) is 8.25. The van der Waals surface area contributed by atoms with Gasteiger partial charge in [-0.25, -0.2) is 0 Å². The highest BCUT2D eigenvalue weighted by atomic mass is 79.9. The number of carbonyl (C=O) groups is 2. The van der Waals surface area contributed by atoms with Gasteiger partial charge in [-0.1, -0.05) is 6.07 Å². The zero-order valence-corrected chi connectivity index (χ0v) is 16.8. The number of hydrogen-bond acceptors (Lipinski definition) is 4. The molecular formula is C17H26BrClN4O2. The lowest BCUT2D eigenvalue weighted by Crippen LogP contribution is -2.46. The van der Waals surface area contributed by atoms with Gasteiger partial charge in [-0.3, -0.25) is 14.5 Å². The topological polar surface area (TPSA) is 87.5 Å². The predicted octanol–water partition coefficient (Wildman–Crippen LogP) is 1.90. The number of nitrogens with zero attached hydrogens (tertiary/aromatic N) is 1. The van der Waals surface area contributed by atoms with Crippen molar-refractivity contribution in [3.63, 3.8) is 0 Å². The number of halogens is 2. The first-order valence-corrected chi connectivity index (χ1v) is 9.05. The second-order valence-electron chi connectivity index (χ2n) is 6.19. The number of aryl methyl sites for hydroxylation is 1. The number of rotatable bonds is 6. The van der Waals surface area contributed by atoms with Gasteiger partial charge in [-0.2, -0.15) is 0 Å². The highest BCUT2D eigenvalue weighted by Gasteiger charge is 2.26. The smallest absolute Gasteiger partial charge is 0.238 e. The maximum Gasteiger partial charge on any atom is 0.238 e. The third kappa shape index (κ3) is 6.93. The quantitative estimate of drug-likeness (QED) is 0.639. The van der Waals surface area contributed by atoms with Gasteiger partial charge in [0.25, 0.3) is 0 Å². The zero-order chi connectivity index (χ0) is 17.5. The third-order valence-corrected chi connectivity index (χ3v) is 4.74. The van der Waals surface area contributed by atoms with Crippen LogP contribution in [0.4, 0.5) is 5.69 Å². The number of piperidine rings is 1. The summed E-state index contributed by atoms with van der Waals surface area (Å²) in [7, 11) is 0. The van der Waals surface area contributed by atoms with Gasteiger partial charge < -0.3 is 16.4 Å². The highest BCUT2D eigenvalue weighted by molar-refractivity contribution is 9.10. The monoisotopic (exact) mass is 432 g/mol. The normalized spacial score (nSPS) is 17.5. The Hall–Kier alpha value is -1.15. The lowest BCUT2D eigenvalue weighted by atomic mass is 9.97. The van der Waals surface area contributed by atoms with E-state index in [2.05, 4.69) is 26.6 Å². The molecular weight excluding hydrogens is 408 g/mol. The first kappa shape index (κ1) is 21.9. The van der Waals surface area contributed by atoms with E-state index < -0.39 is 0 Å². The molecule has 2 rings (SSSR count). The van der Waals surface area contributed by atoms with E-state index in [1.807, 2.05) is 30.0 Å². The number of likely N-dealkylation sites (tertiary alicyclic amines) is 1. The van der Waals surface area contributed by atoms with E-state index in [4.69, 9.17) is 5.73 Å². The SMILES string of the molecule is Cc1ccc(NC(=O)CN2CCCC(C(=O)NCCN)C2)c(Br)c1.Cl. The minimum Gasteiger partial charge on any atom is -0.355 e. The van der Waals surface area contributed by atoms with Crippen molar-refractivity contribution in [2.45, 2.75) is 19.8 Å². The molecule has 1 aromatic carbocycles. The number of nitrogens with one attached hydrogen (secondary N) is 2. The summed E-state index contributed by atoms with van der Waals surface area (Å²) in [6, 6.07) is 5.81. The Morgan fingerprint density at radius 2 is 2.16 bits per heavy atom. The van der Waals surface area contributed by atoms with Crippen LogP contribution in [0.25, 0.3) is 0 Å². The Labute approximate surface area is 163 Å². The standard InChI is InChI=1S/C17H25BrN4O2.ClH/c1-12-4-5-15(14(18)9-12)21-16(23)11-22-8-2-3-13(10-22)17(24)20-7-6-19;/h4-5,9,13H,2-3,6-8,10-11,19H2,1H3,(H,20,24)(H,21,23);1H. The molecule has 0 saturated carbocycles. The number of benzene rings is 1. The number of anilines is 1. The van der Waals surface area contributed by atoms with Gasteiger partial charge in [0.15, 0.2) is 0 Å². The summed E-state index contributed by atoms with van der Waals surface area (Å²) in [5, 5.41) is 5.75. The van der Waals surface area contributed by atoms with Crippen molar-refractivity contribution in [3.8, 4) is 0 Å². The van der Waals surface area contributed by atoms with Crippen molar-refractivity contribution in [2.75, 3.05) is 38.0 Å². The molecule has 140 valence electrons. The van der Waals surface area contributed by atoms with Gasteiger partial charge in [0, 0.05) is 24.1 Å². The van der Waals surface area contributed by atoms with Gasteiger partial charge in [0.05, 0.1) is 18.2 Å². The molecule has 1 atom stereocenters. The molecule has 1 aliphatic rings. The van der Waals surface area contributed by atoms with E-state index >= 15 is 0 Å². The molecule has 1 saturated heterocycles. The lowest BCUT2D eigenvalue weighted by Gasteiger charge is -2.31. The molecule has 1 aliphatic heterocycles. The molecule has 8 heteroatoms. The summed E-state index contributed by atoms with van der Waals surface area (Å²) >= 11 is 3.46. The highest BCUT2D eigenvalue weighted by Crippen LogP contribution is 2.23. The van der Waals surface area contributed by atoms with Gasteiger partial charge in [0.1, 0.15) is 0 Å². The van der Waals surface area contributed by atoms with E-state index in [0.29, 0.717) is 26.2 Å². The van der Waals surface area contributed by atoms with Gasteiger partial charge in [0.2, 0.25) is 11.8 Å². The summed E-state index contributed by atoms with van der Waals surface area (Å²) in [5.74, 6) is -0.0985. The van der Waals surface area contributed by atoms with Crippen LogP contribution in [-0.4, -0.2) is 49.4 Å². The minimum atomic E-state index is -0.0671. The predicted molar refractivity (Wildman–Crippen MR) is 106 cm³/mol. The molecule has 25 heavy (non-hydrogen) atoms. The fraction of sp³-hybridized carbons (Fsp3) is 0.529. The Morgan fingerprint density at radius 1 is 1.40 bits per heavy atom. The van der Waals surface area contributed by atoms with Crippen molar-refractivity contribution < 1.29 is 9.59 Å². The molecule has 6 nitrogen and oxygen atoms in total. The van der Waals surface area contributed by atoms with Crippen molar-refractivity contribution in [2.24, 2.45) is 11.7 Å². The summed E-state index contributed by atoms with van der Waals surface area (Å²) in [5.41, 5.74) is 7.30. The van der Waals surface area contributed by atoms with Gasteiger partial charge in [-0.05, 0) is 59.9 Å². The average Bonchev–Trinajstić information content (AvgIpc) is 2.55. The number of carbonyl (C=O) groups excluding carboxylic acids is 2. The van der Waals surface area contributed by atoms with Crippen LogP contribution in [0.1, 0.15) is 18.4 Å². The van der Waals surface area contributed by atoms with Crippen molar-refractivity contribution in [1.82, 2.24) is 10.2 Å². The Morgan fingerprint density at radius 3 is 2.84 bits per heavy atom. The molecule has 0 radical (unpaired) electrons. The maximum absolute atomic E-state index is 12.3. The minimum absolute atomic E-state index is 0. The summed E-state index contributed by atoms with van der Waals surface area (Å²) in [4.78, 5) is 26.4. The summed E-state index contributed by atoms with van der Waals surface area (Å²) in [6.45, 7) is 4.68. The molecule has 1 fully saturated rings. The van der Waals surface area contributed by atoms with E-state index in [1.165, 1.54) is 0 Å². The third-order valence-electron chi connectivity index (χ3n) is 4.09. The van der Waals surface area contributed by atoms with Crippen molar-refractivity contribution >= 4 is 45.8 Å². The van der Waals surface area contributed by atoms with Crippen molar-refractivity contribution in [1.29, 1.82) is 0 Å². The summed E-state index contributed by atoms with van der Waals surface area (Å²) < 4.78 is 0.869. The Balaban J connectivity index is 0.00000312. The number of amides is 2. The molecule has 0 bridgehead atoms. The van der Waals surface area contributed by atoms with Gasteiger partial charge in [-0.15, -0.1) is 12.4 Å². The first-order chi connectivity index (χ1) is 11.5. The van der Waals surface area contributed by atoms with Crippen molar-refractivity contribution in [3.05, 3.63) is 28.2 Å². The second kappa shape index (κ2) is 10.8. The molecule has 1 unspecified atom stereocenters. The largest absolute Gasteiger partial charge is 0.355 e. The molecule has 0 spiro atoms. The molecule has 1 aromatic rings. The molecule has 4 N–H and O–H groups in total. The number of hydrogen-bond donors (Lipinski definition) is 3. The fourth-order valence-electron chi connectivity index (χ4n) is 2.87. The molecule has 0 aromatic heterocycles. The Kier molecular flexibility index (Phi) is 9.42. The molecule has 1 heterocycles. The van der Waals surface area contributed by atoms with E-state index in [0.717, 1.165) is 35.1 Å². The van der Waals surface area contributed by atoms with Crippen LogP contribution >= 0.6 is 28.3 Å². The van der Waals surface area contributed by atoms with E-state index in [-0.39, 0.29) is 30.1 Å². The van der Waals surface area contributed by atoms with Gasteiger partial charge >= 0.3 is 0 Å². The zero-order valence-electron chi connectivity index (χ0n) is 14.4. The number of nitrogens with two attached hydrogens (primary N) is 1. The lowest BCUT2D eigenvalue weighted by molar-refractivity contribution is -0.127. The summed E-state index contributed by atoms with van der Waals surface area (Å²) in [6.07, 6.45) is 1.78. The van der Waals surface area contributed by atoms with Crippen LogP contribution < -0.4 is 16.4 Å². The van der Waals surface area contributed by atoms with Crippen LogP contribution in [0.5, 0.6) is 0 Å². The van der Waals surface area contributed by atoms with Crippen LogP contribution in [0.15, 0.2) is 22.7 Å². The molecule has 0 aliphatic carbocycles. The van der Waals surface area contributed by atoms with E-state index in [9.17, 15) is 9.59 Å². The average molecular weight is 434 g/mol. The fourth-order valence-corrected chi connectivity index (χ4v) is 3.46. The van der Waals surface area contributed by atoms with Crippen LogP contribution in [-0.2, 0) is 9.59 Å². The van der Waals surface area contributed by atoms with E-state index in [1.54, 1.807) is 0 Å². The van der Waals surface area contributed by atoms with Crippen LogP contribution in [0.3, 0.4) is 0 Å². The second-order valence-corrected chi connectivity index (χ2v) is 7.04. The van der Waals surface area contributed by atoms with Crippen LogP contribution in [0, 0.1) is 12.8 Å². The Bertz CT molecular complexity index is 600. The van der Waals surface area contributed by atoms with Crippen LogP contribution in [0.2, 0.25) is 0 Å². The maximum atomic E-state index is 12.3. The molecule has 2 amide bonds.